The van der Waals surface area contributed by atoms with Crippen LogP contribution < -0.4 is 25.4 Å². The van der Waals surface area contributed by atoms with Crippen LogP contribution in [0, 0.1) is 17.0 Å². The van der Waals surface area contributed by atoms with Gasteiger partial charge in [-0.1, -0.05) is 35.4 Å². The van der Waals surface area contributed by atoms with E-state index in [4.69, 9.17) is 21.1 Å². The third kappa shape index (κ3) is 8.60. The first-order valence-electron chi connectivity index (χ1n) is 10.9. The highest BCUT2D eigenvalue weighted by molar-refractivity contribution is 6.33. The minimum atomic E-state index is -0.484. The number of benzene rings is 3. The molecule has 3 N–H and O–H groups in total. The molecule has 9 nitrogen and oxygen atoms in total. The number of methoxy groups -OCH3 is 1. The average Bonchev–Trinajstić information content (AvgIpc) is 2.85. The normalized spacial score (nSPS) is 10.2. The van der Waals surface area contributed by atoms with Crippen molar-refractivity contribution in [3.8, 4) is 11.5 Å². The number of nitro benzene ring substituents is 1. The number of hydrogen-bond donors (Lipinski definition) is 3. The molecule has 0 spiro atoms. The van der Waals surface area contributed by atoms with Crippen molar-refractivity contribution < 1.29 is 19.2 Å². The van der Waals surface area contributed by atoms with Crippen molar-refractivity contribution in [2.24, 2.45) is 0 Å². The summed E-state index contributed by atoms with van der Waals surface area (Å²) < 4.78 is 11.1. The average molecular weight is 535 g/mol. The van der Waals surface area contributed by atoms with Gasteiger partial charge in [-0.2, -0.15) is 0 Å². The molecule has 11 heteroatoms. The number of nitrogens with one attached hydrogen (secondary N) is 3. The summed E-state index contributed by atoms with van der Waals surface area (Å²) in [6, 6.07) is 17.3. The van der Waals surface area contributed by atoms with E-state index in [9.17, 15) is 14.9 Å². The summed E-state index contributed by atoms with van der Waals surface area (Å²) in [5.41, 5.74) is 3.39. The smallest absolute Gasteiger partial charge is 0.271 e. The highest BCUT2D eigenvalue weighted by atomic mass is 35.5. The van der Waals surface area contributed by atoms with Crippen LogP contribution in [-0.2, 0) is 11.3 Å². The van der Waals surface area contributed by atoms with Crippen molar-refractivity contribution in [3.05, 3.63) is 86.9 Å². The Morgan fingerprint density at radius 2 is 1.78 bits per heavy atom. The van der Waals surface area contributed by atoms with Crippen LogP contribution in [0.2, 0.25) is 5.02 Å². The van der Waals surface area contributed by atoms with Gasteiger partial charge in [0.1, 0.15) is 0 Å². The highest BCUT2D eigenvalue weighted by Gasteiger charge is 2.10. The lowest BCUT2D eigenvalue weighted by molar-refractivity contribution is -0.384. The van der Waals surface area contributed by atoms with Gasteiger partial charge in [0.25, 0.3) is 11.6 Å². The molecular weight excluding hydrogens is 507 g/mol. The second kappa shape index (κ2) is 14.1. The topological polar surface area (TPSA) is 115 Å². The summed E-state index contributed by atoms with van der Waals surface area (Å²) in [5, 5.41) is 20.3. The molecule has 3 rings (SSSR count). The molecule has 0 aromatic heterocycles. The number of nitrogens with zero attached hydrogens (tertiary/aromatic N) is 1. The number of hydrogen-bond acceptors (Lipinski definition) is 7. The number of carbonyl (C=O) groups excluding carboxylic acids is 1. The zero-order chi connectivity index (χ0) is 25.2. The van der Waals surface area contributed by atoms with E-state index in [0.717, 1.165) is 11.1 Å². The minimum absolute atomic E-state index is 0. The summed E-state index contributed by atoms with van der Waals surface area (Å²) in [6.45, 7) is 3.63. The van der Waals surface area contributed by atoms with E-state index in [0.29, 0.717) is 47.5 Å². The fraction of sp³-hybridized carbons (Fsp3) is 0.240. The van der Waals surface area contributed by atoms with E-state index >= 15 is 0 Å². The van der Waals surface area contributed by atoms with Crippen LogP contribution in [0.1, 0.15) is 11.1 Å². The molecule has 1 amide bonds. The van der Waals surface area contributed by atoms with Crippen LogP contribution >= 0.6 is 24.0 Å². The van der Waals surface area contributed by atoms with Crippen LogP contribution in [0.5, 0.6) is 11.5 Å². The Hall–Kier alpha value is -3.53. The van der Waals surface area contributed by atoms with E-state index in [1.165, 1.54) is 12.1 Å². The number of non-ortho nitro benzene ring substituents is 1. The number of halogens is 2. The van der Waals surface area contributed by atoms with E-state index in [1.807, 2.05) is 43.3 Å². The Kier molecular flexibility index (Phi) is 11.3. The standard InChI is InChI=1S/C25H27ClN4O5.ClH/c1-17-3-6-19(7-4-17)29-25(31)16-35-23-10-5-18(13-24(23)34-2)15-27-11-12-28-22-9-8-20(30(32)33)14-21(22)26;/h3-10,13-14,27-28H,11-12,15-16H2,1-2H3,(H,29,31);1H. The first kappa shape index (κ1) is 28.7. The first-order valence-corrected chi connectivity index (χ1v) is 11.3. The quantitative estimate of drug-likeness (QED) is 0.166. The maximum atomic E-state index is 12.2. The maximum Gasteiger partial charge on any atom is 0.271 e. The molecule has 0 aliphatic carbocycles. The number of amides is 1. The largest absolute Gasteiger partial charge is 0.493 e. The van der Waals surface area contributed by atoms with Gasteiger partial charge in [-0.05, 0) is 42.8 Å². The second-order valence-electron chi connectivity index (χ2n) is 7.71. The summed E-state index contributed by atoms with van der Waals surface area (Å²) in [5.74, 6) is 0.746. The maximum absolute atomic E-state index is 12.2. The van der Waals surface area contributed by atoms with Crippen LogP contribution in [-0.4, -0.2) is 37.6 Å². The van der Waals surface area contributed by atoms with Crippen LogP contribution in [0.15, 0.2) is 60.7 Å². The fourth-order valence-electron chi connectivity index (χ4n) is 3.20. The Morgan fingerprint density at radius 3 is 2.44 bits per heavy atom. The fourth-order valence-corrected chi connectivity index (χ4v) is 3.44. The van der Waals surface area contributed by atoms with Crippen molar-refractivity contribution >= 4 is 47.0 Å². The molecule has 0 bridgehead atoms. The molecule has 0 unspecified atom stereocenters. The Bertz CT molecular complexity index is 1180. The van der Waals surface area contributed by atoms with Gasteiger partial charge in [0, 0.05) is 37.5 Å². The molecule has 0 fully saturated rings. The molecule has 3 aromatic carbocycles. The van der Waals surface area contributed by atoms with Crippen molar-refractivity contribution in [1.29, 1.82) is 0 Å². The summed E-state index contributed by atoms with van der Waals surface area (Å²) in [4.78, 5) is 22.5. The third-order valence-electron chi connectivity index (χ3n) is 5.03. The molecular formula is C25H28Cl2N4O5. The number of carbonyl (C=O) groups is 1. The monoisotopic (exact) mass is 534 g/mol. The molecule has 0 aliphatic rings. The van der Waals surface area contributed by atoms with Crippen LogP contribution in [0.4, 0.5) is 17.1 Å². The van der Waals surface area contributed by atoms with E-state index < -0.39 is 4.92 Å². The molecule has 0 radical (unpaired) electrons. The van der Waals surface area contributed by atoms with Crippen molar-refractivity contribution in [2.75, 3.05) is 37.4 Å². The van der Waals surface area contributed by atoms with Gasteiger partial charge in [-0.3, -0.25) is 14.9 Å². The predicted octanol–water partition coefficient (Wildman–Crippen LogP) is 5.21. The van der Waals surface area contributed by atoms with Gasteiger partial charge in [-0.15, -0.1) is 12.4 Å². The molecule has 0 heterocycles. The van der Waals surface area contributed by atoms with Gasteiger partial charge < -0.3 is 25.4 Å². The summed E-state index contributed by atoms with van der Waals surface area (Å²) >= 11 is 6.08. The zero-order valence-corrected chi connectivity index (χ0v) is 21.4. The SMILES string of the molecule is COc1cc(CNCCNc2ccc([N+](=O)[O-])cc2Cl)ccc1OCC(=O)Nc1ccc(C)cc1.Cl. The van der Waals surface area contributed by atoms with Gasteiger partial charge in [0.2, 0.25) is 0 Å². The molecule has 0 saturated carbocycles. The molecule has 0 atom stereocenters. The van der Waals surface area contributed by atoms with Gasteiger partial charge >= 0.3 is 0 Å². The molecule has 3 aromatic rings. The first-order chi connectivity index (χ1) is 16.9. The predicted molar refractivity (Wildman–Crippen MR) is 144 cm³/mol. The van der Waals surface area contributed by atoms with Crippen molar-refractivity contribution in [2.45, 2.75) is 13.5 Å². The van der Waals surface area contributed by atoms with E-state index in [-0.39, 0.29) is 30.6 Å². The third-order valence-corrected chi connectivity index (χ3v) is 5.34. The van der Waals surface area contributed by atoms with Gasteiger partial charge in [-0.25, -0.2) is 0 Å². The summed E-state index contributed by atoms with van der Waals surface area (Å²) in [7, 11) is 1.55. The number of nitro groups is 1. The van der Waals surface area contributed by atoms with Gasteiger partial charge in [0.05, 0.1) is 22.7 Å². The van der Waals surface area contributed by atoms with Crippen molar-refractivity contribution in [1.82, 2.24) is 5.32 Å². The molecule has 36 heavy (non-hydrogen) atoms. The van der Waals surface area contributed by atoms with E-state index in [1.54, 1.807) is 19.2 Å². The van der Waals surface area contributed by atoms with Crippen molar-refractivity contribution in [3.63, 3.8) is 0 Å². The molecule has 0 saturated heterocycles. The van der Waals surface area contributed by atoms with Gasteiger partial charge in [0.15, 0.2) is 18.1 Å². The van der Waals surface area contributed by atoms with E-state index in [2.05, 4.69) is 16.0 Å². The lowest BCUT2D eigenvalue weighted by Gasteiger charge is -2.13. The number of anilines is 2. The molecule has 0 aliphatic heterocycles. The minimum Gasteiger partial charge on any atom is -0.493 e. The number of ether oxygens (including phenoxy) is 2. The Labute approximate surface area is 220 Å². The molecule has 192 valence electrons. The summed E-state index contributed by atoms with van der Waals surface area (Å²) in [6.07, 6.45) is 0. The Morgan fingerprint density at radius 1 is 1.03 bits per heavy atom. The lowest BCUT2D eigenvalue weighted by Crippen LogP contribution is -2.22. The Balaban J connectivity index is 0.00000456. The van der Waals surface area contributed by atoms with Crippen LogP contribution in [0.3, 0.4) is 0 Å². The van der Waals surface area contributed by atoms with Crippen LogP contribution in [0.25, 0.3) is 0 Å². The second-order valence-corrected chi connectivity index (χ2v) is 8.12. The zero-order valence-electron chi connectivity index (χ0n) is 19.9. The number of aryl methyl sites for hydroxylation is 1. The highest BCUT2D eigenvalue weighted by Crippen LogP contribution is 2.28. The lowest BCUT2D eigenvalue weighted by atomic mass is 10.2. The number of rotatable bonds is 12.